The molecule has 0 aromatic heterocycles. The van der Waals surface area contributed by atoms with Gasteiger partial charge in [-0.3, -0.25) is 4.79 Å². The highest BCUT2D eigenvalue weighted by Gasteiger charge is 2.44. The Morgan fingerprint density at radius 3 is 1.31 bits per heavy atom. The molecule has 0 fully saturated rings. The summed E-state index contributed by atoms with van der Waals surface area (Å²) < 4.78 is 39.5. The molecule has 11 heteroatoms. The van der Waals surface area contributed by atoms with Gasteiger partial charge in [-0.05, 0) is 140 Å². The Hall–Kier alpha value is -1.84. The molecule has 0 aliphatic heterocycles. The number of hydrogen-bond donors (Lipinski definition) is 0. The van der Waals surface area contributed by atoms with Gasteiger partial charge in [0.25, 0.3) is 0 Å². The predicted molar refractivity (Wildman–Crippen MR) is 275 cm³/mol. The van der Waals surface area contributed by atoms with Crippen LogP contribution in [0.4, 0.5) is 0 Å². The lowest BCUT2D eigenvalue weighted by Crippen LogP contribution is -2.48. The van der Waals surface area contributed by atoms with Gasteiger partial charge in [0.05, 0.1) is 13.2 Å². The average molecular weight is 930 g/mol. The molecule has 0 spiro atoms. The van der Waals surface area contributed by atoms with E-state index in [4.69, 9.17) is 27.2 Å². The Morgan fingerprint density at radius 1 is 0.548 bits per heavy atom. The number of benzene rings is 2. The van der Waals surface area contributed by atoms with Gasteiger partial charge in [0.2, 0.25) is 0 Å². The zero-order chi connectivity index (χ0) is 47.6. The Kier molecular flexibility index (Phi) is 20.1. The molecule has 2 aromatic rings. The van der Waals surface area contributed by atoms with Crippen molar-refractivity contribution in [3.8, 4) is 11.5 Å². The molecule has 0 bridgehead atoms. The number of ether oxygens (including phenoxy) is 2. The van der Waals surface area contributed by atoms with Crippen LogP contribution in [0.2, 0.25) is 72.5 Å². The van der Waals surface area contributed by atoms with Gasteiger partial charge >= 0.3 is 0 Å². The lowest BCUT2D eigenvalue weighted by molar-refractivity contribution is 0.0416. The summed E-state index contributed by atoms with van der Waals surface area (Å²) in [7, 11) is -7.70. The molecule has 0 atom stereocenters. The first-order valence-corrected chi connectivity index (χ1v) is 34.9. The second-order valence-corrected chi connectivity index (χ2v) is 43.2. The van der Waals surface area contributed by atoms with Crippen molar-refractivity contribution in [1.29, 1.82) is 0 Å². The number of hydrogen-bond acceptors (Lipinski definition) is 7. The summed E-state index contributed by atoms with van der Waals surface area (Å²) in [5.74, 6) is 1.74. The van der Waals surface area contributed by atoms with Crippen molar-refractivity contribution in [3.05, 3.63) is 65.7 Å². The van der Waals surface area contributed by atoms with Gasteiger partial charge in [0.1, 0.15) is 11.5 Å². The third-order valence-corrected chi connectivity index (χ3v) is 32.9. The van der Waals surface area contributed by atoms with Crippen molar-refractivity contribution in [2.45, 2.75) is 182 Å². The van der Waals surface area contributed by atoms with E-state index in [1.165, 1.54) is 0 Å². The number of ketones is 1. The standard InChI is InChI=1S/C51H92O7Si4/c1-22-51(39-57-61(18,19)49(8,9)10,40-58-62(20,21)50(11,12)13)34-36-54-44-28-23-41(24-29-44)25-32-46(52)43-26-30-45(31-27-43)53-35-33-42(37-55-59(14,15)47(2,3)4)38-56-60(16,17)48(5,6)7/h23-32,42H,22,33-40H2,1-21H3/b32-25+. The van der Waals surface area contributed by atoms with E-state index in [2.05, 4.69) is 142 Å². The van der Waals surface area contributed by atoms with Crippen LogP contribution >= 0.6 is 0 Å². The third kappa shape index (κ3) is 17.2. The second-order valence-electron chi connectivity index (χ2n) is 24.0. The Balaban J connectivity index is 2.03. The maximum atomic E-state index is 13.2. The topological polar surface area (TPSA) is 72.5 Å². The lowest BCUT2D eigenvalue weighted by Gasteiger charge is -2.44. The van der Waals surface area contributed by atoms with E-state index in [1.54, 1.807) is 6.08 Å². The van der Waals surface area contributed by atoms with E-state index in [1.807, 2.05) is 54.6 Å². The first-order chi connectivity index (χ1) is 28.1. The van der Waals surface area contributed by atoms with E-state index in [0.717, 1.165) is 36.3 Å². The van der Waals surface area contributed by atoms with E-state index < -0.39 is 33.3 Å². The first kappa shape index (κ1) is 56.3. The minimum Gasteiger partial charge on any atom is -0.494 e. The van der Waals surface area contributed by atoms with Gasteiger partial charge in [-0.25, -0.2) is 0 Å². The fourth-order valence-electron chi connectivity index (χ4n) is 5.35. The van der Waals surface area contributed by atoms with Crippen molar-refractivity contribution in [2.24, 2.45) is 11.3 Å². The molecule has 354 valence electrons. The third-order valence-electron chi connectivity index (χ3n) is 15.0. The molecule has 0 saturated carbocycles. The SMILES string of the molecule is CCC(CCOc1ccc(/C=C/C(=O)c2ccc(OCCC(CO[Si](C)(C)C(C)(C)C)CO[Si](C)(C)C(C)(C)C)cc2)cc1)(CO[Si](C)(C)C(C)(C)C)CO[Si](C)(C)C(C)(C)C. The predicted octanol–water partition coefficient (Wildman–Crippen LogP) is 15.2. The van der Waals surface area contributed by atoms with Gasteiger partial charge in [0, 0.05) is 43.3 Å². The zero-order valence-electron chi connectivity index (χ0n) is 43.6. The van der Waals surface area contributed by atoms with Crippen molar-refractivity contribution in [2.75, 3.05) is 39.6 Å². The van der Waals surface area contributed by atoms with Crippen LogP contribution < -0.4 is 9.47 Å². The van der Waals surface area contributed by atoms with E-state index >= 15 is 0 Å². The highest BCUT2D eigenvalue weighted by atomic mass is 28.4. The highest BCUT2D eigenvalue weighted by Crippen LogP contribution is 2.42. The van der Waals surface area contributed by atoms with E-state index in [-0.39, 0.29) is 37.3 Å². The molecule has 7 nitrogen and oxygen atoms in total. The fourth-order valence-corrected chi connectivity index (χ4v) is 9.73. The molecule has 0 radical (unpaired) electrons. The van der Waals surface area contributed by atoms with Crippen LogP contribution in [0.1, 0.15) is 125 Å². The van der Waals surface area contributed by atoms with Crippen LogP contribution in [0.3, 0.4) is 0 Å². The molecule has 0 amide bonds. The molecule has 0 N–H and O–H groups in total. The van der Waals surface area contributed by atoms with Crippen molar-refractivity contribution < 1.29 is 32.0 Å². The smallest absolute Gasteiger partial charge is 0.192 e. The molecule has 0 aliphatic carbocycles. The second kappa shape index (κ2) is 22.1. The minimum atomic E-state index is -1.95. The van der Waals surface area contributed by atoms with Gasteiger partial charge in [0.15, 0.2) is 39.1 Å². The molecular formula is C51H92O7Si4. The quantitative estimate of drug-likeness (QED) is 0.0590. The summed E-state index contributed by atoms with van der Waals surface area (Å²) in [6.45, 7) is 52.0. The van der Waals surface area contributed by atoms with Crippen molar-refractivity contribution in [1.82, 2.24) is 0 Å². The molecule has 0 unspecified atom stereocenters. The van der Waals surface area contributed by atoms with Crippen LogP contribution in [-0.4, -0.2) is 78.7 Å². The van der Waals surface area contributed by atoms with Crippen LogP contribution in [0.5, 0.6) is 11.5 Å². The first-order valence-electron chi connectivity index (χ1n) is 23.3. The molecule has 2 aromatic carbocycles. The Bertz CT molecular complexity index is 1630. The molecule has 0 aliphatic rings. The summed E-state index contributed by atoms with van der Waals surface area (Å²) in [5.41, 5.74) is 1.41. The Labute approximate surface area is 385 Å². The van der Waals surface area contributed by atoms with Crippen LogP contribution in [0.15, 0.2) is 54.6 Å². The van der Waals surface area contributed by atoms with Gasteiger partial charge in [-0.2, -0.15) is 0 Å². The molecule has 0 saturated heterocycles. The molecule has 2 rings (SSSR count). The van der Waals surface area contributed by atoms with E-state index in [9.17, 15) is 4.79 Å². The molecule has 62 heavy (non-hydrogen) atoms. The highest BCUT2D eigenvalue weighted by molar-refractivity contribution is 6.75. The summed E-state index contributed by atoms with van der Waals surface area (Å²) in [4.78, 5) is 13.2. The summed E-state index contributed by atoms with van der Waals surface area (Å²) in [5, 5.41) is 0.565. The summed E-state index contributed by atoms with van der Waals surface area (Å²) in [6.07, 6.45) is 6.10. The monoisotopic (exact) mass is 929 g/mol. The van der Waals surface area contributed by atoms with Gasteiger partial charge < -0.3 is 27.2 Å². The van der Waals surface area contributed by atoms with Gasteiger partial charge in [-0.15, -0.1) is 0 Å². The average Bonchev–Trinajstić information content (AvgIpc) is 3.14. The normalized spacial score (nSPS) is 14.2. The van der Waals surface area contributed by atoms with Crippen LogP contribution in [-0.2, 0) is 17.7 Å². The largest absolute Gasteiger partial charge is 0.494 e. The molecular weight excluding hydrogens is 837 g/mol. The van der Waals surface area contributed by atoms with E-state index in [0.29, 0.717) is 45.2 Å². The number of allylic oxidation sites excluding steroid dienone is 1. The fraction of sp³-hybridized carbons (Fsp3) is 0.706. The van der Waals surface area contributed by atoms with Crippen molar-refractivity contribution >= 4 is 45.1 Å². The lowest BCUT2D eigenvalue weighted by atomic mass is 9.84. The maximum absolute atomic E-state index is 13.2. The molecule has 0 heterocycles. The summed E-state index contributed by atoms with van der Waals surface area (Å²) in [6, 6.07) is 15.4. The number of carbonyl (C=O) groups excluding carboxylic acids is 1. The number of rotatable bonds is 24. The summed E-state index contributed by atoms with van der Waals surface area (Å²) >= 11 is 0. The maximum Gasteiger partial charge on any atom is 0.192 e. The zero-order valence-corrected chi connectivity index (χ0v) is 47.6. The van der Waals surface area contributed by atoms with Crippen LogP contribution in [0.25, 0.3) is 6.08 Å². The van der Waals surface area contributed by atoms with Crippen molar-refractivity contribution in [3.63, 3.8) is 0 Å². The number of carbonyl (C=O) groups is 1. The van der Waals surface area contributed by atoms with Crippen LogP contribution in [0, 0.1) is 11.3 Å². The Morgan fingerprint density at radius 2 is 0.919 bits per heavy atom. The minimum absolute atomic E-state index is 0.0572. The van der Waals surface area contributed by atoms with Gasteiger partial charge in [-0.1, -0.05) is 108 Å².